The molecule has 0 aliphatic rings. The lowest BCUT2D eigenvalue weighted by Crippen LogP contribution is -2.40. The lowest BCUT2D eigenvalue weighted by Gasteiger charge is -2.21. The predicted octanol–water partition coefficient (Wildman–Crippen LogP) is 2.98. The number of rotatable bonds is 6. The van der Waals surface area contributed by atoms with Crippen molar-refractivity contribution in [3.63, 3.8) is 0 Å². The Hall–Kier alpha value is -2.36. The van der Waals surface area contributed by atoms with E-state index in [0.29, 0.717) is 19.0 Å². The van der Waals surface area contributed by atoms with Crippen LogP contribution < -0.4 is 10.6 Å². The van der Waals surface area contributed by atoms with Crippen molar-refractivity contribution in [3.05, 3.63) is 40.0 Å². The van der Waals surface area contributed by atoms with E-state index in [1.54, 1.807) is 18.4 Å². The number of aryl methyl sites for hydroxylation is 1. The Labute approximate surface area is 154 Å². The van der Waals surface area contributed by atoms with Crippen LogP contribution in [0.3, 0.4) is 0 Å². The van der Waals surface area contributed by atoms with Gasteiger partial charge in [-0.25, -0.2) is 9.97 Å². The van der Waals surface area contributed by atoms with E-state index in [4.69, 9.17) is 0 Å². The molecule has 2 rings (SSSR count). The second-order valence-electron chi connectivity index (χ2n) is 5.51. The fourth-order valence-electron chi connectivity index (χ4n) is 2.31. The van der Waals surface area contributed by atoms with Gasteiger partial charge in [-0.15, -0.1) is 11.3 Å². The van der Waals surface area contributed by atoms with Crippen molar-refractivity contribution in [1.82, 2.24) is 20.2 Å². The highest BCUT2D eigenvalue weighted by molar-refractivity contribution is 7.09. The van der Waals surface area contributed by atoms with E-state index in [1.807, 2.05) is 24.3 Å². The van der Waals surface area contributed by atoms with Crippen molar-refractivity contribution >= 4 is 23.1 Å². The Morgan fingerprint density at radius 2 is 2.12 bits per heavy atom. The number of hydrogen-bond acceptors (Lipinski definition) is 5. The van der Waals surface area contributed by atoms with Gasteiger partial charge in [-0.05, 0) is 19.1 Å². The summed E-state index contributed by atoms with van der Waals surface area (Å²) in [5.41, 5.74) is 0.166. The second-order valence-corrected chi connectivity index (χ2v) is 6.57. The minimum absolute atomic E-state index is 0.178. The first kappa shape index (κ1) is 20.0. The van der Waals surface area contributed by atoms with Crippen molar-refractivity contribution < 1.29 is 13.2 Å². The Morgan fingerprint density at radius 3 is 2.73 bits per heavy atom. The van der Waals surface area contributed by atoms with E-state index < -0.39 is 11.7 Å². The molecule has 0 saturated heterocycles. The fraction of sp³-hybridized carbons (Fsp3) is 0.438. The van der Waals surface area contributed by atoms with Crippen LogP contribution in [0.5, 0.6) is 0 Å². The highest BCUT2D eigenvalue weighted by Crippen LogP contribution is 2.33. The molecule has 2 heterocycles. The molecular weight excluding hydrogens is 365 g/mol. The van der Waals surface area contributed by atoms with Crippen LogP contribution in [0, 0.1) is 6.92 Å². The van der Waals surface area contributed by atoms with Gasteiger partial charge in [0.15, 0.2) is 5.96 Å². The smallest absolute Gasteiger partial charge is 0.368 e. The van der Waals surface area contributed by atoms with Gasteiger partial charge >= 0.3 is 6.18 Å². The lowest BCUT2D eigenvalue weighted by molar-refractivity contribution is -0.137. The largest absolute Gasteiger partial charge is 0.419 e. The first-order valence-corrected chi connectivity index (χ1v) is 8.78. The van der Waals surface area contributed by atoms with Crippen LogP contribution in [0.2, 0.25) is 0 Å². The number of alkyl halides is 3. The normalized spacial score (nSPS) is 12.2. The Kier molecular flexibility index (Phi) is 6.78. The highest BCUT2D eigenvalue weighted by atomic mass is 32.1. The van der Waals surface area contributed by atoms with Crippen LogP contribution in [0.15, 0.2) is 28.7 Å². The summed E-state index contributed by atoms with van der Waals surface area (Å²) < 4.78 is 38.8. The van der Waals surface area contributed by atoms with Crippen LogP contribution in [0.1, 0.15) is 16.3 Å². The molecule has 6 nitrogen and oxygen atoms in total. The van der Waals surface area contributed by atoms with Crippen LogP contribution in [0.4, 0.5) is 19.0 Å². The third-order valence-corrected chi connectivity index (χ3v) is 4.28. The van der Waals surface area contributed by atoms with Gasteiger partial charge in [0.2, 0.25) is 0 Å². The topological polar surface area (TPSA) is 65.4 Å². The highest BCUT2D eigenvalue weighted by Gasteiger charge is 2.33. The van der Waals surface area contributed by atoms with Crippen LogP contribution >= 0.6 is 11.3 Å². The Balaban J connectivity index is 1.85. The molecule has 0 amide bonds. The van der Waals surface area contributed by atoms with E-state index in [-0.39, 0.29) is 12.4 Å². The molecule has 0 spiro atoms. The molecule has 10 heteroatoms. The minimum Gasteiger partial charge on any atom is -0.368 e. The molecule has 2 aromatic heterocycles. The van der Waals surface area contributed by atoms with Gasteiger partial charge in [0.25, 0.3) is 0 Å². The second kappa shape index (κ2) is 8.84. The van der Waals surface area contributed by atoms with Crippen molar-refractivity contribution in [2.45, 2.75) is 19.6 Å². The molecule has 0 fully saturated rings. The van der Waals surface area contributed by atoms with Crippen LogP contribution in [-0.4, -0.2) is 48.0 Å². The standard InChI is InChI=1S/C16H21F3N6S/c1-11-24-12(10-26-11)9-25(3)15(20-2)23-8-7-22-14-13(16(17,18)19)5-4-6-21-14/h4-6,10H,7-9H2,1-3H3,(H,20,23)(H,21,22). The SMILES string of the molecule is CN=C(NCCNc1ncccc1C(F)(F)F)N(C)Cc1csc(C)n1. The summed E-state index contributed by atoms with van der Waals surface area (Å²) in [5.74, 6) is 0.456. The molecular formula is C16H21F3N6S. The van der Waals surface area contributed by atoms with Gasteiger partial charge in [0, 0.05) is 38.8 Å². The third-order valence-electron chi connectivity index (χ3n) is 3.45. The third kappa shape index (κ3) is 5.58. The molecule has 2 aromatic rings. The van der Waals surface area contributed by atoms with Crippen molar-refractivity contribution in [2.24, 2.45) is 4.99 Å². The zero-order valence-electron chi connectivity index (χ0n) is 14.8. The van der Waals surface area contributed by atoms with Gasteiger partial charge in [-0.2, -0.15) is 13.2 Å². The van der Waals surface area contributed by atoms with E-state index in [9.17, 15) is 13.2 Å². The maximum atomic E-state index is 12.9. The molecule has 0 atom stereocenters. The van der Waals surface area contributed by atoms with E-state index >= 15 is 0 Å². The van der Waals surface area contributed by atoms with E-state index in [1.165, 1.54) is 12.3 Å². The zero-order valence-corrected chi connectivity index (χ0v) is 15.6. The summed E-state index contributed by atoms with van der Waals surface area (Å²) in [7, 11) is 3.52. The molecule has 0 aliphatic carbocycles. The van der Waals surface area contributed by atoms with Gasteiger partial charge in [0.1, 0.15) is 5.82 Å². The van der Waals surface area contributed by atoms with Gasteiger partial charge < -0.3 is 15.5 Å². The summed E-state index contributed by atoms with van der Waals surface area (Å²) in [6, 6.07) is 2.27. The summed E-state index contributed by atoms with van der Waals surface area (Å²) in [6.45, 7) is 3.19. The minimum atomic E-state index is -4.44. The van der Waals surface area contributed by atoms with Crippen molar-refractivity contribution in [1.29, 1.82) is 0 Å². The summed E-state index contributed by atoms with van der Waals surface area (Å²) in [4.78, 5) is 14.2. The number of anilines is 1. The average Bonchev–Trinajstić information content (AvgIpc) is 2.99. The number of thiazole rings is 1. The lowest BCUT2D eigenvalue weighted by atomic mass is 10.2. The number of aliphatic imine (C=N–C) groups is 1. The summed E-state index contributed by atoms with van der Waals surface area (Å²) >= 11 is 1.58. The first-order chi connectivity index (χ1) is 12.3. The molecule has 0 unspecified atom stereocenters. The van der Waals surface area contributed by atoms with E-state index in [2.05, 4.69) is 25.6 Å². The number of halogens is 3. The first-order valence-electron chi connectivity index (χ1n) is 7.90. The summed E-state index contributed by atoms with van der Waals surface area (Å²) in [5, 5.41) is 8.80. The molecule has 0 bridgehead atoms. The molecule has 2 N–H and O–H groups in total. The van der Waals surface area contributed by atoms with Crippen LogP contribution in [-0.2, 0) is 12.7 Å². The quantitative estimate of drug-likeness (QED) is 0.454. The molecule has 0 saturated carbocycles. The molecule has 142 valence electrons. The number of nitrogens with zero attached hydrogens (tertiary/aromatic N) is 4. The molecule has 0 radical (unpaired) electrons. The maximum absolute atomic E-state index is 12.9. The van der Waals surface area contributed by atoms with Gasteiger partial charge in [-0.1, -0.05) is 0 Å². The summed E-state index contributed by atoms with van der Waals surface area (Å²) in [6.07, 6.45) is -3.11. The predicted molar refractivity (Wildman–Crippen MR) is 97.4 cm³/mol. The molecule has 0 aromatic carbocycles. The van der Waals surface area contributed by atoms with Gasteiger partial charge in [0.05, 0.1) is 22.8 Å². The number of pyridine rings is 1. The number of nitrogens with one attached hydrogen (secondary N) is 2. The van der Waals surface area contributed by atoms with Crippen LogP contribution in [0.25, 0.3) is 0 Å². The Bertz CT molecular complexity index is 744. The maximum Gasteiger partial charge on any atom is 0.419 e. The number of hydrogen-bond donors (Lipinski definition) is 2. The van der Waals surface area contributed by atoms with Crippen molar-refractivity contribution in [2.75, 3.05) is 32.5 Å². The molecule has 26 heavy (non-hydrogen) atoms. The van der Waals surface area contributed by atoms with E-state index in [0.717, 1.165) is 16.8 Å². The number of guanidine groups is 1. The van der Waals surface area contributed by atoms with Gasteiger partial charge in [-0.3, -0.25) is 4.99 Å². The average molecular weight is 386 g/mol. The molecule has 0 aliphatic heterocycles. The monoisotopic (exact) mass is 386 g/mol. The Morgan fingerprint density at radius 1 is 1.35 bits per heavy atom. The fourth-order valence-corrected chi connectivity index (χ4v) is 2.92. The number of aromatic nitrogens is 2. The van der Waals surface area contributed by atoms with Crippen molar-refractivity contribution in [3.8, 4) is 0 Å². The zero-order chi connectivity index (χ0) is 19.2.